The van der Waals surface area contributed by atoms with Crippen LogP contribution in [-0.4, -0.2) is 51.3 Å². The lowest BCUT2D eigenvalue weighted by atomic mass is 10.3. The zero-order chi connectivity index (χ0) is 12.9. The molecule has 94 valence electrons. The number of rotatable bonds is 5. The number of hydrazine groups is 1. The predicted octanol–water partition coefficient (Wildman–Crippen LogP) is -2.20. The lowest BCUT2D eigenvalue weighted by Gasteiger charge is -2.26. The molecule has 8 nitrogen and oxygen atoms in total. The van der Waals surface area contributed by atoms with Gasteiger partial charge in [-0.1, -0.05) is 0 Å². The first-order valence-corrected chi connectivity index (χ1v) is 6.19. The van der Waals surface area contributed by atoms with Gasteiger partial charge in [-0.25, -0.2) is 18.2 Å². The third kappa shape index (κ3) is 4.55. The molecule has 0 saturated carbocycles. The van der Waals surface area contributed by atoms with Gasteiger partial charge in [-0.2, -0.15) is 0 Å². The summed E-state index contributed by atoms with van der Waals surface area (Å²) in [7, 11) is -2.54. The number of hydrogen-bond donors (Lipinski definition) is 2. The summed E-state index contributed by atoms with van der Waals surface area (Å²) in [6.45, 7) is 0.890. The number of carbonyl (C=O) groups is 2. The summed E-state index contributed by atoms with van der Waals surface area (Å²) >= 11 is 0. The number of hydrogen-bond acceptors (Lipinski definition) is 6. The van der Waals surface area contributed by atoms with Crippen LogP contribution in [-0.2, 0) is 24.3 Å². The summed E-state index contributed by atoms with van der Waals surface area (Å²) in [6.07, 6.45) is 0.855. The third-order valence-electron chi connectivity index (χ3n) is 1.64. The van der Waals surface area contributed by atoms with Gasteiger partial charge in [0.25, 0.3) is 5.91 Å². The van der Waals surface area contributed by atoms with Crippen LogP contribution in [0.3, 0.4) is 0 Å². The van der Waals surface area contributed by atoms with Crippen LogP contribution < -0.4 is 10.6 Å². The summed E-state index contributed by atoms with van der Waals surface area (Å²) < 4.78 is 26.4. The molecule has 3 N–H and O–H groups in total. The van der Waals surface area contributed by atoms with E-state index in [0.29, 0.717) is 5.01 Å². The molecule has 16 heavy (non-hydrogen) atoms. The van der Waals surface area contributed by atoms with Gasteiger partial charge in [0, 0.05) is 0 Å². The molecule has 0 aliphatic rings. The summed E-state index contributed by atoms with van der Waals surface area (Å²) in [6, 6.07) is -1.09. The molecular formula is C7H15N3O5S. The number of sulfonamides is 1. The van der Waals surface area contributed by atoms with Crippen LogP contribution in [0.4, 0.5) is 0 Å². The van der Waals surface area contributed by atoms with Crippen molar-refractivity contribution in [3.8, 4) is 0 Å². The van der Waals surface area contributed by atoms with E-state index in [1.807, 2.05) is 4.83 Å². The molecule has 0 heterocycles. The lowest BCUT2D eigenvalue weighted by Crippen LogP contribution is -2.55. The minimum atomic E-state index is -3.67. The van der Waals surface area contributed by atoms with Gasteiger partial charge in [0.1, 0.15) is 6.04 Å². The largest absolute Gasteiger partial charge is 0.467 e. The van der Waals surface area contributed by atoms with Crippen LogP contribution in [0, 0.1) is 0 Å². The van der Waals surface area contributed by atoms with E-state index in [1.165, 1.54) is 6.92 Å². The molecule has 0 aromatic heterocycles. The van der Waals surface area contributed by atoms with E-state index in [2.05, 4.69) is 4.74 Å². The summed E-state index contributed by atoms with van der Waals surface area (Å²) in [5, 5.41) is 0.626. The second-order valence-electron chi connectivity index (χ2n) is 3.03. The smallest absolute Gasteiger partial charge is 0.329 e. The number of methoxy groups -OCH3 is 1. The van der Waals surface area contributed by atoms with E-state index in [1.54, 1.807) is 0 Å². The van der Waals surface area contributed by atoms with E-state index in [4.69, 9.17) is 5.73 Å². The molecule has 0 radical (unpaired) electrons. The Balaban J connectivity index is 4.95. The second kappa shape index (κ2) is 5.77. The van der Waals surface area contributed by atoms with Crippen molar-refractivity contribution in [2.45, 2.75) is 13.0 Å². The topological polar surface area (TPSA) is 119 Å². The molecule has 0 aromatic carbocycles. The number of ether oxygens (including phenoxy) is 1. The van der Waals surface area contributed by atoms with Crippen molar-refractivity contribution in [3.63, 3.8) is 0 Å². The summed E-state index contributed by atoms with van der Waals surface area (Å²) in [5.41, 5.74) is 5.09. The maximum atomic E-state index is 11.3. The minimum Gasteiger partial charge on any atom is -0.467 e. The van der Waals surface area contributed by atoms with Gasteiger partial charge < -0.3 is 10.5 Å². The Morgan fingerprint density at radius 3 is 2.31 bits per heavy atom. The SMILES string of the molecule is COC(=O)[C@H](C)N(NS(C)(=O)=O)C(=O)CN. The average Bonchev–Trinajstić information content (AvgIpc) is 2.21. The van der Waals surface area contributed by atoms with Crippen molar-refractivity contribution in [2.75, 3.05) is 19.9 Å². The fourth-order valence-corrected chi connectivity index (χ4v) is 1.52. The van der Waals surface area contributed by atoms with Crippen LogP contribution in [0.5, 0.6) is 0 Å². The summed E-state index contributed by atoms with van der Waals surface area (Å²) in [5.74, 6) is -1.48. The minimum absolute atomic E-state index is 0.427. The summed E-state index contributed by atoms with van der Waals surface area (Å²) in [4.78, 5) is 24.4. The molecule has 0 rings (SSSR count). The Kier molecular flexibility index (Phi) is 5.35. The van der Waals surface area contributed by atoms with Gasteiger partial charge in [-0.3, -0.25) is 4.79 Å². The molecule has 0 aromatic rings. The Bertz CT molecular complexity index is 366. The first kappa shape index (κ1) is 14.8. The fraction of sp³-hybridized carbons (Fsp3) is 0.714. The highest BCUT2D eigenvalue weighted by molar-refractivity contribution is 7.88. The zero-order valence-corrected chi connectivity index (χ0v) is 10.1. The van der Waals surface area contributed by atoms with E-state index in [-0.39, 0.29) is 0 Å². The Hall–Kier alpha value is -1.19. The Labute approximate surface area is 93.7 Å². The quantitative estimate of drug-likeness (QED) is 0.424. The maximum Gasteiger partial charge on any atom is 0.329 e. The monoisotopic (exact) mass is 253 g/mol. The predicted molar refractivity (Wildman–Crippen MR) is 55.4 cm³/mol. The first-order chi connectivity index (χ1) is 7.22. The van der Waals surface area contributed by atoms with Crippen LogP contribution in [0.25, 0.3) is 0 Å². The third-order valence-corrected chi connectivity index (χ3v) is 2.17. The average molecular weight is 253 g/mol. The molecule has 0 saturated heterocycles. The van der Waals surface area contributed by atoms with Crippen LogP contribution >= 0.6 is 0 Å². The maximum absolute atomic E-state index is 11.3. The highest BCUT2D eigenvalue weighted by Gasteiger charge is 2.28. The molecule has 0 bridgehead atoms. The van der Waals surface area contributed by atoms with E-state index in [0.717, 1.165) is 13.4 Å². The van der Waals surface area contributed by atoms with E-state index < -0.39 is 34.5 Å². The van der Waals surface area contributed by atoms with Crippen LogP contribution in [0.1, 0.15) is 6.92 Å². The number of esters is 1. The van der Waals surface area contributed by atoms with Gasteiger partial charge >= 0.3 is 5.97 Å². The van der Waals surface area contributed by atoms with Crippen molar-refractivity contribution in [1.82, 2.24) is 9.84 Å². The number of carbonyl (C=O) groups excluding carboxylic acids is 2. The van der Waals surface area contributed by atoms with Gasteiger partial charge in [-0.05, 0) is 6.92 Å². The first-order valence-electron chi connectivity index (χ1n) is 4.30. The molecular weight excluding hydrogens is 238 g/mol. The van der Waals surface area contributed by atoms with Crippen molar-refractivity contribution in [1.29, 1.82) is 0 Å². The zero-order valence-electron chi connectivity index (χ0n) is 9.26. The Morgan fingerprint density at radius 2 is 2.00 bits per heavy atom. The van der Waals surface area contributed by atoms with Crippen LogP contribution in [0.2, 0.25) is 0 Å². The molecule has 0 unspecified atom stereocenters. The molecule has 0 spiro atoms. The molecule has 0 aliphatic heterocycles. The standard InChI is InChI=1S/C7H15N3O5S/c1-5(7(12)15-2)10(6(11)4-8)9-16(3,13)14/h5,9H,4,8H2,1-3H3/t5-/m0/s1. The van der Waals surface area contributed by atoms with Gasteiger partial charge in [0.15, 0.2) is 0 Å². The van der Waals surface area contributed by atoms with Gasteiger partial charge in [0.05, 0.1) is 19.9 Å². The highest BCUT2D eigenvalue weighted by Crippen LogP contribution is 1.99. The lowest BCUT2D eigenvalue weighted by molar-refractivity contribution is -0.152. The number of amides is 1. The van der Waals surface area contributed by atoms with Gasteiger partial charge in [0.2, 0.25) is 10.0 Å². The molecule has 9 heteroatoms. The van der Waals surface area contributed by atoms with E-state index >= 15 is 0 Å². The van der Waals surface area contributed by atoms with Crippen molar-refractivity contribution in [3.05, 3.63) is 0 Å². The van der Waals surface area contributed by atoms with Crippen molar-refractivity contribution in [2.24, 2.45) is 5.73 Å². The molecule has 0 fully saturated rings. The highest BCUT2D eigenvalue weighted by atomic mass is 32.2. The van der Waals surface area contributed by atoms with E-state index in [9.17, 15) is 18.0 Å². The van der Waals surface area contributed by atoms with Crippen molar-refractivity contribution < 1.29 is 22.7 Å². The Morgan fingerprint density at radius 1 is 1.50 bits per heavy atom. The normalized spacial score (nSPS) is 13.0. The second-order valence-corrected chi connectivity index (χ2v) is 4.76. The fourth-order valence-electron chi connectivity index (χ4n) is 0.899. The number of nitrogens with zero attached hydrogens (tertiary/aromatic N) is 1. The molecule has 1 amide bonds. The molecule has 0 aliphatic carbocycles. The van der Waals surface area contributed by atoms with Crippen molar-refractivity contribution >= 4 is 21.9 Å². The van der Waals surface area contributed by atoms with Gasteiger partial charge in [-0.15, -0.1) is 4.83 Å². The number of nitrogens with two attached hydrogens (primary N) is 1. The van der Waals surface area contributed by atoms with Crippen LogP contribution in [0.15, 0.2) is 0 Å². The molecule has 1 atom stereocenters. The number of nitrogens with one attached hydrogen (secondary N) is 1.